The fraction of sp³-hybridized carbons (Fsp3) is 0.471. The highest BCUT2D eigenvalue weighted by atomic mass is 16.3. The normalized spacial score (nSPS) is 11.0. The number of phenols is 1. The summed E-state index contributed by atoms with van der Waals surface area (Å²) in [6.07, 6.45) is 2.51. The van der Waals surface area contributed by atoms with Crippen molar-refractivity contribution in [2.75, 3.05) is 7.05 Å². The molecule has 2 rings (SSSR count). The van der Waals surface area contributed by atoms with Crippen LogP contribution in [0.3, 0.4) is 0 Å². The molecule has 0 aliphatic heterocycles. The molecular formula is C17H28N2O2. The predicted molar refractivity (Wildman–Crippen MR) is 89.9 cm³/mol. The second-order valence-electron chi connectivity index (χ2n) is 4.20. The highest BCUT2D eigenvalue weighted by Gasteiger charge is 2.14. The first kappa shape index (κ1) is 19.2. The SMILES string of the molecule is CC.CC.CNC(Cc1c[nH]c2ccc(O)cc12)C(C)=O. The van der Waals surface area contributed by atoms with Crippen molar-refractivity contribution in [1.29, 1.82) is 0 Å². The van der Waals surface area contributed by atoms with Crippen molar-refractivity contribution in [3.63, 3.8) is 0 Å². The minimum absolute atomic E-state index is 0.113. The van der Waals surface area contributed by atoms with Gasteiger partial charge >= 0.3 is 0 Å². The maximum Gasteiger partial charge on any atom is 0.147 e. The van der Waals surface area contributed by atoms with Crippen molar-refractivity contribution in [3.8, 4) is 5.75 Å². The van der Waals surface area contributed by atoms with Gasteiger partial charge in [-0.05, 0) is 44.2 Å². The molecule has 21 heavy (non-hydrogen) atoms. The summed E-state index contributed by atoms with van der Waals surface area (Å²) in [5.74, 6) is 0.351. The number of aromatic amines is 1. The number of benzene rings is 1. The summed E-state index contributed by atoms with van der Waals surface area (Å²) >= 11 is 0. The third-order valence-electron chi connectivity index (χ3n) is 3.01. The number of aromatic hydroxyl groups is 1. The quantitative estimate of drug-likeness (QED) is 0.806. The second-order valence-corrected chi connectivity index (χ2v) is 4.20. The van der Waals surface area contributed by atoms with Gasteiger partial charge in [-0.2, -0.15) is 0 Å². The highest BCUT2D eigenvalue weighted by Crippen LogP contribution is 2.23. The fourth-order valence-corrected chi connectivity index (χ4v) is 2.00. The number of likely N-dealkylation sites (N-methyl/N-ethyl adjacent to an activating group) is 1. The van der Waals surface area contributed by atoms with E-state index in [4.69, 9.17) is 0 Å². The fourth-order valence-electron chi connectivity index (χ4n) is 2.00. The van der Waals surface area contributed by atoms with Crippen LogP contribution in [0.1, 0.15) is 40.2 Å². The molecule has 0 saturated carbocycles. The summed E-state index contributed by atoms with van der Waals surface area (Å²) in [6.45, 7) is 9.58. The van der Waals surface area contributed by atoms with Crippen LogP contribution >= 0.6 is 0 Å². The van der Waals surface area contributed by atoms with Crippen molar-refractivity contribution >= 4 is 16.7 Å². The van der Waals surface area contributed by atoms with Crippen molar-refractivity contribution in [2.45, 2.75) is 47.1 Å². The molecule has 1 aromatic heterocycles. The number of Topliss-reactive ketones (excluding diaryl/α,β-unsaturated/α-hetero) is 1. The van der Waals surface area contributed by atoms with Crippen molar-refractivity contribution in [3.05, 3.63) is 30.0 Å². The average Bonchev–Trinajstić information content (AvgIpc) is 2.90. The van der Waals surface area contributed by atoms with Crippen molar-refractivity contribution < 1.29 is 9.90 Å². The Morgan fingerprint density at radius 1 is 1.29 bits per heavy atom. The lowest BCUT2D eigenvalue weighted by molar-refractivity contribution is -0.118. The number of aromatic nitrogens is 1. The summed E-state index contributed by atoms with van der Waals surface area (Å²) in [4.78, 5) is 14.5. The van der Waals surface area contributed by atoms with E-state index in [0.29, 0.717) is 6.42 Å². The number of fused-ring (bicyclic) bond motifs is 1. The molecule has 1 aromatic carbocycles. The standard InChI is InChI=1S/C13H16N2O2.2C2H6/c1-8(16)13(14-2)5-9-7-15-12-4-3-10(17)6-11(9)12;2*1-2/h3-4,6-7,13-15,17H,5H2,1-2H3;2*1-2H3. The number of ketones is 1. The molecule has 1 heterocycles. The molecule has 0 bridgehead atoms. The van der Waals surface area contributed by atoms with Crippen LogP contribution in [0.25, 0.3) is 10.9 Å². The molecule has 0 aliphatic rings. The van der Waals surface area contributed by atoms with Gasteiger partial charge in [0.25, 0.3) is 0 Å². The molecule has 3 N–H and O–H groups in total. The Balaban J connectivity index is 0.000000921. The monoisotopic (exact) mass is 292 g/mol. The largest absolute Gasteiger partial charge is 0.508 e. The first-order valence-electron chi connectivity index (χ1n) is 7.58. The number of phenolic OH excluding ortho intramolecular Hbond substituents is 1. The number of hydrogen-bond donors (Lipinski definition) is 3. The Labute approximate surface area is 127 Å². The minimum Gasteiger partial charge on any atom is -0.508 e. The summed E-state index contributed by atoms with van der Waals surface area (Å²) in [5.41, 5.74) is 2.00. The van der Waals surface area contributed by atoms with Gasteiger partial charge in [-0.1, -0.05) is 27.7 Å². The Bertz CT molecular complexity index is 547. The van der Waals surface area contributed by atoms with Crippen LogP contribution in [0.4, 0.5) is 0 Å². The van der Waals surface area contributed by atoms with Gasteiger partial charge in [-0.3, -0.25) is 4.79 Å². The lowest BCUT2D eigenvalue weighted by atomic mass is 10.0. The number of hydrogen-bond acceptors (Lipinski definition) is 3. The van der Waals surface area contributed by atoms with E-state index in [0.717, 1.165) is 16.5 Å². The molecule has 0 spiro atoms. The molecule has 0 aliphatic carbocycles. The van der Waals surface area contributed by atoms with Gasteiger partial charge in [0.1, 0.15) is 11.5 Å². The van der Waals surface area contributed by atoms with Crippen LogP contribution in [0.2, 0.25) is 0 Å². The van der Waals surface area contributed by atoms with Gasteiger partial charge in [0.2, 0.25) is 0 Å². The van der Waals surface area contributed by atoms with E-state index in [1.165, 1.54) is 0 Å². The molecule has 0 fully saturated rings. The van der Waals surface area contributed by atoms with E-state index in [1.807, 2.05) is 40.0 Å². The average molecular weight is 292 g/mol. The summed E-state index contributed by atoms with van der Waals surface area (Å²) in [6, 6.07) is 5.00. The first-order chi connectivity index (χ1) is 10.1. The molecule has 2 aromatic rings. The predicted octanol–water partition coefficient (Wildman–Crippen LogP) is 3.65. The van der Waals surface area contributed by atoms with Gasteiger partial charge in [0, 0.05) is 17.1 Å². The Hall–Kier alpha value is -1.81. The molecule has 1 atom stereocenters. The van der Waals surface area contributed by atoms with E-state index in [2.05, 4.69) is 10.3 Å². The van der Waals surface area contributed by atoms with Gasteiger partial charge < -0.3 is 15.4 Å². The summed E-state index contributed by atoms with van der Waals surface area (Å²) < 4.78 is 0. The number of H-pyrrole nitrogens is 1. The van der Waals surface area contributed by atoms with Gasteiger partial charge in [-0.15, -0.1) is 0 Å². The van der Waals surface area contributed by atoms with E-state index < -0.39 is 0 Å². The van der Waals surface area contributed by atoms with Crippen LogP contribution in [0, 0.1) is 0 Å². The molecule has 0 amide bonds. The van der Waals surface area contributed by atoms with Crippen LogP contribution in [0.5, 0.6) is 5.75 Å². The minimum atomic E-state index is -0.184. The summed E-state index contributed by atoms with van der Waals surface area (Å²) in [5, 5.41) is 13.4. The lowest BCUT2D eigenvalue weighted by Gasteiger charge is -2.11. The molecule has 4 heteroatoms. The lowest BCUT2D eigenvalue weighted by Crippen LogP contribution is -2.34. The molecule has 118 valence electrons. The van der Waals surface area contributed by atoms with Crippen molar-refractivity contribution in [1.82, 2.24) is 10.3 Å². The Morgan fingerprint density at radius 2 is 1.90 bits per heavy atom. The molecule has 0 saturated heterocycles. The third-order valence-corrected chi connectivity index (χ3v) is 3.01. The van der Waals surface area contributed by atoms with Crippen molar-refractivity contribution in [2.24, 2.45) is 0 Å². The maximum absolute atomic E-state index is 11.4. The van der Waals surface area contributed by atoms with E-state index in [-0.39, 0.29) is 17.6 Å². The van der Waals surface area contributed by atoms with E-state index >= 15 is 0 Å². The van der Waals surface area contributed by atoms with Crippen LogP contribution < -0.4 is 5.32 Å². The Morgan fingerprint density at radius 3 is 2.43 bits per heavy atom. The smallest absolute Gasteiger partial charge is 0.147 e. The third kappa shape index (κ3) is 5.23. The second kappa shape index (κ2) is 10.00. The number of carbonyl (C=O) groups is 1. The Kier molecular flexibility index (Phi) is 9.13. The molecule has 1 unspecified atom stereocenters. The molecule has 0 radical (unpaired) electrons. The number of nitrogens with one attached hydrogen (secondary N) is 2. The van der Waals surface area contributed by atoms with E-state index in [1.54, 1.807) is 26.1 Å². The van der Waals surface area contributed by atoms with Crippen LogP contribution in [-0.4, -0.2) is 29.0 Å². The van der Waals surface area contributed by atoms with Gasteiger partial charge in [0.05, 0.1) is 6.04 Å². The molecule has 4 nitrogen and oxygen atoms in total. The maximum atomic E-state index is 11.4. The van der Waals surface area contributed by atoms with Gasteiger partial charge in [0.15, 0.2) is 0 Å². The zero-order chi connectivity index (χ0) is 16.4. The van der Waals surface area contributed by atoms with Gasteiger partial charge in [-0.25, -0.2) is 0 Å². The van der Waals surface area contributed by atoms with E-state index in [9.17, 15) is 9.90 Å². The summed E-state index contributed by atoms with van der Waals surface area (Å²) in [7, 11) is 1.78. The highest BCUT2D eigenvalue weighted by molar-refractivity contribution is 5.86. The number of rotatable bonds is 4. The topological polar surface area (TPSA) is 65.1 Å². The first-order valence-corrected chi connectivity index (χ1v) is 7.58. The zero-order valence-electron chi connectivity index (χ0n) is 13.9. The molecular weight excluding hydrogens is 264 g/mol. The zero-order valence-corrected chi connectivity index (χ0v) is 13.9. The number of carbonyl (C=O) groups excluding carboxylic acids is 1. The van der Waals surface area contributed by atoms with Crippen LogP contribution in [-0.2, 0) is 11.2 Å². The van der Waals surface area contributed by atoms with Crippen LogP contribution in [0.15, 0.2) is 24.4 Å².